The van der Waals surface area contributed by atoms with Crippen molar-refractivity contribution >= 4 is 27.3 Å². The van der Waals surface area contributed by atoms with Gasteiger partial charge in [-0.05, 0) is 49.3 Å². The molecule has 148 valence electrons. The molecule has 0 unspecified atom stereocenters. The Morgan fingerprint density at radius 1 is 1.33 bits per heavy atom. The zero-order valence-electron chi connectivity index (χ0n) is 16.4. The molecule has 3 atom stereocenters. The Morgan fingerprint density at radius 3 is 2.59 bits per heavy atom. The van der Waals surface area contributed by atoms with E-state index in [-0.39, 0.29) is 40.7 Å². The maximum atomic E-state index is 13.5. The van der Waals surface area contributed by atoms with E-state index in [1.54, 1.807) is 11.0 Å². The second-order valence-corrected chi connectivity index (χ2v) is 11.4. The third-order valence-electron chi connectivity index (χ3n) is 5.86. The van der Waals surface area contributed by atoms with Gasteiger partial charge in [0.25, 0.3) is 0 Å². The third kappa shape index (κ3) is 4.40. The van der Waals surface area contributed by atoms with Crippen molar-refractivity contribution in [1.82, 2.24) is 4.90 Å². The topological polar surface area (TPSA) is 54.5 Å². The molecule has 1 saturated heterocycles. The molecule has 1 saturated carbocycles. The highest BCUT2D eigenvalue weighted by Gasteiger charge is 2.61. The van der Waals surface area contributed by atoms with Crippen molar-refractivity contribution < 1.29 is 13.2 Å². The molecule has 1 aliphatic heterocycles. The average molecular weight is 410 g/mol. The van der Waals surface area contributed by atoms with Crippen molar-refractivity contribution in [2.75, 3.05) is 11.5 Å². The minimum atomic E-state index is -3.07. The second kappa shape index (κ2) is 7.25. The van der Waals surface area contributed by atoms with Crippen LogP contribution in [0.5, 0.6) is 0 Å². The van der Waals surface area contributed by atoms with E-state index in [9.17, 15) is 13.2 Å². The fraction of sp³-hybridized carbons (Fsp3) is 0.571. The minimum Gasteiger partial charge on any atom is -0.334 e. The molecule has 0 bridgehead atoms. The van der Waals surface area contributed by atoms with Gasteiger partial charge in [0.2, 0.25) is 5.91 Å². The largest absolute Gasteiger partial charge is 0.334 e. The van der Waals surface area contributed by atoms with Gasteiger partial charge in [-0.3, -0.25) is 4.79 Å². The van der Waals surface area contributed by atoms with E-state index in [0.717, 1.165) is 5.56 Å². The summed E-state index contributed by atoms with van der Waals surface area (Å²) in [5.74, 6) is 0.372. The molecule has 27 heavy (non-hydrogen) atoms. The summed E-state index contributed by atoms with van der Waals surface area (Å²) in [7, 11) is -3.07. The molecule has 1 amide bonds. The molecule has 1 aromatic carbocycles. The van der Waals surface area contributed by atoms with Gasteiger partial charge in [0.05, 0.1) is 17.4 Å². The summed E-state index contributed by atoms with van der Waals surface area (Å²) in [5.41, 5.74) is 2.03. The van der Waals surface area contributed by atoms with Crippen molar-refractivity contribution in [3.05, 3.63) is 46.5 Å². The van der Waals surface area contributed by atoms with E-state index in [1.807, 2.05) is 32.0 Å². The Morgan fingerprint density at radius 2 is 2.04 bits per heavy atom. The van der Waals surface area contributed by atoms with Crippen LogP contribution in [0.1, 0.15) is 39.7 Å². The molecule has 0 radical (unpaired) electrons. The quantitative estimate of drug-likeness (QED) is 0.688. The van der Waals surface area contributed by atoms with Crippen molar-refractivity contribution in [2.24, 2.45) is 17.3 Å². The van der Waals surface area contributed by atoms with Crippen LogP contribution in [0.2, 0.25) is 5.02 Å². The molecule has 1 aromatic rings. The summed E-state index contributed by atoms with van der Waals surface area (Å²) in [6, 6.07) is 7.17. The molecule has 4 nitrogen and oxygen atoms in total. The van der Waals surface area contributed by atoms with Crippen molar-refractivity contribution in [2.45, 2.75) is 46.7 Å². The first-order chi connectivity index (χ1) is 12.5. The molecule has 0 N–H and O–H groups in total. The molecular formula is C21H28ClNO3S. The minimum absolute atomic E-state index is 0.0553. The number of amides is 1. The highest BCUT2D eigenvalue weighted by Crippen LogP contribution is 2.60. The van der Waals surface area contributed by atoms with Crippen molar-refractivity contribution in [3.8, 4) is 0 Å². The van der Waals surface area contributed by atoms with E-state index >= 15 is 0 Å². The number of nitrogens with zero attached hydrogens (tertiary/aromatic N) is 1. The molecule has 0 spiro atoms. The van der Waals surface area contributed by atoms with Crippen LogP contribution in [-0.4, -0.2) is 36.8 Å². The highest BCUT2D eigenvalue weighted by molar-refractivity contribution is 7.91. The van der Waals surface area contributed by atoms with Crippen LogP contribution < -0.4 is 0 Å². The van der Waals surface area contributed by atoms with Gasteiger partial charge in [0, 0.05) is 17.6 Å². The molecule has 2 aliphatic rings. The normalized spacial score (nSPS) is 27.8. The molecule has 1 aliphatic carbocycles. The van der Waals surface area contributed by atoms with Gasteiger partial charge in [0.1, 0.15) is 0 Å². The number of hydrogen-bond acceptors (Lipinski definition) is 3. The van der Waals surface area contributed by atoms with Crippen LogP contribution in [0.25, 0.3) is 0 Å². The summed E-state index contributed by atoms with van der Waals surface area (Å²) in [6.07, 6.45) is 2.68. The van der Waals surface area contributed by atoms with Crippen LogP contribution in [-0.2, 0) is 21.2 Å². The lowest BCUT2D eigenvalue weighted by atomic mass is 10.1. The van der Waals surface area contributed by atoms with Crippen LogP contribution in [0, 0.1) is 17.3 Å². The van der Waals surface area contributed by atoms with E-state index in [4.69, 9.17) is 11.6 Å². The van der Waals surface area contributed by atoms with Crippen LogP contribution in [0.15, 0.2) is 35.9 Å². The number of rotatable bonds is 5. The number of hydrogen-bond donors (Lipinski definition) is 0. The second-order valence-electron chi connectivity index (χ2n) is 8.72. The lowest BCUT2D eigenvalue weighted by molar-refractivity contribution is -0.136. The summed E-state index contributed by atoms with van der Waals surface area (Å²) in [6.45, 7) is 8.71. The summed E-state index contributed by atoms with van der Waals surface area (Å²) < 4.78 is 24.1. The lowest BCUT2D eigenvalue weighted by Crippen LogP contribution is -2.42. The van der Waals surface area contributed by atoms with Crippen LogP contribution in [0.4, 0.5) is 0 Å². The van der Waals surface area contributed by atoms with Gasteiger partial charge in [0.15, 0.2) is 9.84 Å². The van der Waals surface area contributed by atoms with Gasteiger partial charge in [-0.15, -0.1) is 0 Å². The molecule has 1 heterocycles. The Kier molecular flexibility index (Phi) is 5.48. The van der Waals surface area contributed by atoms with E-state index in [2.05, 4.69) is 19.9 Å². The molecular weight excluding hydrogens is 382 g/mol. The average Bonchev–Trinajstić information content (AvgIpc) is 2.88. The zero-order chi connectivity index (χ0) is 20.0. The Labute approximate surface area is 167 Å². The maximum absolute atomic E-state index is 13.5. The number of sulfone groups is 1. The zero-order valence-corrected chi connectivity index (χ0v) is 18.0. The van der Waals surface area contributed by atoms with Gasteiger partial charge in [-0.2, -0.15) is 0 Å². The Hall–Kier alpha value is -1.33. The van der Waals surface area contributed by atoms with Crippen molar-refractivity contribution in [1.29, 1.82) is 0 Å². The fourth-order valence-electron chi connectivity index (χ4n) is 4.24. The monoisotopic (exact) mass is 409 g/mol. The summed E-state index contributed by atoms with van der Waals surface area (Å²) in [5, 5.41) is 0.619. The fourth-order valence-corrected chi connectivity index (χ4v) is 6.18. The van der Waals surface area contributed by atoms with Crippen LogP contribution in [0.3, 0.4) is 0 Å². The molecule has 0 aromatic heterocycles. The Bertz CT molecular complexity index is 871. The lowest BCUT2D eigenvalue weighted by Gasteiger charge is -2.29. The third-order valence-corrected chi connectivity index (χ3v) is 7.85. The number of carbonyl (C=O) groups is 1. The smallest absolute Gasteiger partial charge is 0.227 e. The standard InChI is InChI=1S/C21H28ClNO3S/c1-14(2)10-18-19(21(18,3)4)20(24)23(17-8-9-27(25,26)13-17)12-15-6-5-7-16(22)11-15/h5-7,10-11,17-19H,8-9,12-13H2,1-4H3/t17-,18-,19+/m1/s1. The number of allylic oxidation sites excluding steroid dienone is 2. The summed E-state index contributed by atoms with van der Waals surface area (Å²) >= 11 is 6.11. The van der Waals surface area contributed by atoms with E-state index in [1.165, 1.54) is 5.57 Å². The van der Waals surface area contributed by atoms with Gasteiger partial charge in [-0.25, -0.2) is 8.42 Å². The number of halogens is 1. The number of benzene rings is 1. The predicted octanol–water partition coefficient (Wildman–Crippen LogP) is 4.09. The first kappa shape index (κ1) is 20.4. The first-order valence-electron chi connectivity index (χ1n) is 9.41. The highest BCUT2D eigenvalue weighted by atomic mass is 35.5. The van der Waals surface area contributed by atoms with E-state index < -0.39 is 9.84 Å². The Balaban J connectivity index is 1.88. The van der Waals surface area contributed by atoms with Crippen molar-refractivity contribution in [3.63, 3.8) is 0 Å². The molecule has 3 rings (SSSR count). The van der Waals surface area contributed by atoms with Crippen LogP contribution >= 0.6 is 11.6 Å². The van der Waals surface area contributed by atoms with Gasteiger partial charge >= 0.3 is 0 Å². The summed E-state index contributed by atoms with van der Waals surface area (Å²) in [4.78, 5) is 15.3. The van der Waals surface area contributed by atoms with E-state index in [0.29, 0.717) is 18.0 Å². The molecule has 6 heteroatoms. The van der Waals surface area contributed by atoms with Gasteiger partial charge < -0.3 is 4.90 Å². The maximum Gasteiger partial charge on any atom is 0.227 e. The number of carbonyl (C=O) groups excluding carboxylic acids is 1. The SMILES string of the molecule is CC(C)=C[C@@H]1[C@@H](C(=O)N(Cc2cccc(Cl)c2)[C@@H]2CCS(=O)(=O)C2)C1(C)C. The predicted molar refractivity (Wildman–Crippen MR) is 109 cm³/mol. The molecule has 2 fully saturated rings. The first-order valence-corrected chi connectivity index (χ1v) is 11.6. The van der Waals surface area contributed by atoms with Gasteiger partial charge in [-0.1, -0.05) is 49.2 Å².